The van der Waals surface area contributed by atoms with E-state index < -0.39 is 0 Å². The summed E-state index contributed by atoms with van der Waals surface area (Å²) >= 11 is 0. The van der Waals surface area contributed by atoms with Crippen molar-refractivity contribution < 1.29 is 19.1 Å². The van der Waals surface area contributed by atoms with E-state index in [1.165, 1.54) is 0 Å². The SMILES string of the molecule is CCN(CC)C(=O)c1ccc(NC(=O)COc2cccc(Oc3ccccc3)c2)cc1. The molecule has 2 amide bonds. The van der Waals surface area contributed by atoms with Crippen LogP contribution in [-0.2, 0) is 4.79 Å². The van der Waals surface area contributed by atoms with Crippen molar-refractivity contribution in [3.05, 3.63) is 84.4 Å². The van der Waals surface area contributed by atoms with Gasteiger partial charge in [0.2, 0.25) is 0 Å². The maximum absolute atomic E-state index is 12.4. The molecule has 3 aromatic rings. The molecular formula is C25H26N2O4. The summed E-state index contributed by atoms with van der Waals surface area (Å²) in [6.45, 7) is 5.05. The standard InChI is InChI=1S/C25H26N2O4/c1-3-27(4-2)25(29)19-13-15-20(16-14-19)26-24(28)18-30-22-11-8-12-23(17-22)31-21-9-6-5-7-10-21/h5-17H,3-4,18H2,1-2H3,(H,26,28). The number of hydrogen-bond donors (Lipinski definition) is 1. The molecule has 6 heteroatoms. The molecule has 0 fully saturated rings. The van der Waals surface area contributed by atoms with E-state index in [1.54, 1.807) is 47.4 Å². The monoisotopic (exact) mass is 418 g/mol. The minimum Gasteiger partial charge on any atom is -0.484 e. The van der Waals surface area contributed by atoms with Crippen LogP contribution < -0.4 is 14.8 Å². The van der Waals surface area contributed by atoms with E-state index in [9.17, 15) is 9.59 Å². The zero-order valence-corrected chi connectivity index (χ0v) is 17.7. The van der Waals surface area contributed by atoms with Gasteiger partial charge in [-0.15, -0.1) is 0 Å². The molecule has 0 atom stereocenters. The number of ether oxygens (including phenoxy) is 2. The third-order valence-corrected chi connectivity index (χ3v) is 4.62. The van der Waals surface area contributed by atoms with E-state index in [-0.39, 0.29) is 18.4 Å². The fraction of sp³-hybridized carbons (Fsp3) is 0.200. The second kappa shape index (κ2) is 10.8. The van der Waals surface area contributed by atoms with Crippen LogP contribution >= 0.6 is 0 Å². The number of nitrogens with one attached hydrogen (secondary N) is 1. The average Bonchev–Trinajstić information content (AvgIpc) is 2.80. The van der Waals surface area contributed by atoms with E-state index in [2.05, 4.69) is 5.32 Å². The molecule has 3 aromatic carbocycles. The van der Waals surface area contributed by atoms with Crippen molar-refractivity contribution in [3.8, 4) is 17.2 Å². The molecule has 0 aliphatic heterocycles. The minimum atomic E-state index is -0.294. The number of amides is 2. The molecule has 0 spiro atoms. The van der Waals surface area contributed by atoms with Crippen LogP contribution in [0, 0.1) is 0 Å². The first-order chi connectivity index (χ1) is 15.1. The molecule has 3 rings (SSSR count). The van der Waals surface area contributed by atoms with Gasteiger partial charge in [-0.1, -0.05) is 24.3 Å². The van der Waals surface area contributed by atoms with Crippen LogP contribution in [0.2, 0.25) is 0 Å². The van der Waals surface area contributed by atoms with Crippen LogP contribution in [0.15, 0.2) is 78.9 Å². The number of anilines is 1. The molecule has 0 aromatic heterocycles. The largest absolute Gasteiger partial charge is 0.484 e. The summed E-state index contributed by atoms with van der Waals surface area (Å²) < 4.78 is 11.4. The quantitative estimate of drug-likeness (QED) is 0.532. The van der Waals surface area contributed by atoms with Crippen molar-refractivity contribution in [2.45, 2.75) is 13.8 Å². The summed E-state index contributed by atoms with van der Waals surface area (Å²) in [5.41, 5.74) is 1.19. The van der Waals surface area contributed by atoms with Gasteiger partial charge in [-0.25, -0.2) is 0 Å². The number of para-hydroxylation sites is 1. The molecule has 0 radical (unpaired) electrons. The maximum atomic E-state index is 12.4. The molecule has 160 valence electrons. The number of carbonyl (C=O) groups is 2. The minimum absolute atomic E-state index is 0.0242. The van der Waals surface area contributed by atoms with Gasteiger partial charge in [0.1, 0.15) is 17.2 Å². The molecular weight excluding hydrogens is 392 g/mol. The van der Waals surface area contributed by atoms with E-state index >= 15 is 0 Å². The lowest BCUT2D eigenvalue weighted by molar-refractivity contribution is -0.118. The normalized spacial score (nSPS) is 10.3. The van der Waals surface area contributed by atoms with Gasteiger partial charge in [0.25, 0.3) is 11.8 Å². The van der Waals surface area contributed by atoms with Crippen LogP contribution in [0.25, 0.3) is 0 Å². The summed E-state index contributed by atoms with van der Waals surface area (Å²) in [5, 5.41) is 2.77. The Bertz CT molecular complexity index is 1000. The number of rotatable bonds is 9. The lowest BCUT2D eigenvalue weighted by Crippen LogP contribution is -2.30. The smallest absolute Gasteiger partial charge is 0.262 e. The molecule has 0 aliphatic carbocycles. The molecule has 0 aliphatic rings. The molecule has 0 heterocycles. The van der Waals surface area contributed by atoms with Crippen molar-refractivity contribution in [1.82, 2.24) is 4.90 Å². The molecule has 0 unspecified atom stereocenters. The van der Waals surface area contributed by atoms with E-state index in [0.29, 0.717) is 35.8 Å². The van der Waals surface area contributed by atoms with E-state index in [4.69, 9.17) is 9.47 Å². The van der Waals surface area contributed by atoms with E-state index in [1.807, 2.05) is 50.2 Å². The van der Waals surface area contributed by atoms with Gasteiger partial charge in [0.05, 0.1) is 0 Å². The topological polar surface area (TPSA) is 67.9 Å². The van der Waals surface area contributed by atoms with Crippen molar-refractivity contribution in [2.75, 3.05) is 25.0 Å². The molecule has 0 bridgehead atoms. The zero-order valence-electron chi connectivity index (χ0n) is 17.7. The highest BCUT2D eigenvalue weighted by Gasteiger charge is 2.12. The first-order valence-electron chi connectivity index (χ1n) is 10.2. The fourth-order valence-corrected chi connectivity index (χ4v) is 2.99. The van der Waals surface area contributed by atoms with Crippen LogP contribution in [-0.4, -0.2) is 36.4 Å². The van der Waals surface area contributed by atoms with Crippen molar-refractivity contribution >= 4 is 17.5 Å². The Morgan fingerprint density at radius 2 is 1.45 bits per heavy atom. The lowest BCUT2D eigenvalue weighted by Gasteiger charge is -2.18. The van der Waals surface area contributed by atoms with Crippen LogP contribution in [0.4, 0.5) is 5.69 Å². The van der Waals surface area contributed by atoms with Gasteiger partial charge in [0, 0.05) is 30.4 Å². The molecule has 1 N–H and O–H groups in total. The Morgan fingerprint density at radius 3 is 2.13 bits per heavy atom. The third-order valence-electron chi connectivity index (χ3n) is 4.62. The summed E-state index contributed by atoms with van der Waals surface area (Å²) in [7, 11) is 0. The summed E-state index contributed by atoms with van der Waals surface area (Å²) in [5.74, 6) is 1.56. The van der Waals surface area contributed by atoms with Gasteiger partial charge in [-0.3, -0.25) is 9.59 Å². The molecule has 0 saturated carbocycles. The van der Waals surface area contributed by atoms with Crippen molar-refractivity contribution in [2.24, 2.45) is 0 Å². The highest BCUT2D eigenvalue weighted by molar-refractivity contribution is 5.96. The second-order valence-corrected chi connectivity index (χ2v) is 6.78. The predicted octanol–water partition coefficient (Wildman–Crippen LogP) is 4.98. The Morgan fingerprint density at radius 1 is 0.806 bits per heavy atom. The van der Waals surface area contributed by atoms with Gasteiger partial charge in [-0.05, 0) is 62.4 Å². The van der Waals surface area contributed by atoms with Crippen LogP contribution in [0.3, 0.4) is 0 Å². The van der Waals surface area contributed by atoms with Crippen LogP contribution in [0.5, 0.6) is 17.2 Å². The zero-order chi connectivity index (χ0) is 22.1. The number of hydrogen-bond acceptors (Lipinski definition) is 4. The first kappa shape index (κ1) is 21.9. The predicted molar refractivity (Wildman–Crippen MR) is 121 cm³/mol. The third kappa shape index (κ3) is 6.34. The molecule has 6 nitrogen and oxygen atoms in total. The first-order valence-corrected chi connectivity index (χ1v) is 10.2. The Balaban J connectivity index is 1.52. The fourth-order valence-electron chi connectivity index (χ4n) is 2.99. The number of benzene rings is 3. The highest BCUT2D eigenvalue weighted by Crippen LogP contribution is 2.25. The van der Waals surface area contributed by atoms with Gasteiger partial charge < -0.3 is 19.7 Å². The Hall–Kier alpha value is -3.80. The summed E-state index contributed by atoms with van der Waals surface area (Å²) in [6, 6.07) is 23.4. The van der Waals surface area contributed by atoms with Crippen molar-refractivity contribution in [1.29, 1.82) is 0 Å². The maximum Gasteiger partial charge on any atom is 0.262 e. The molecule has 31 heavy (non-hydrogen) atoms. The highest BCUT2D eigenvalue weighted by atomic mass is 16.5. The molecule has 0 saturated heterocycles. The van der Waals surface area contributed by atoms with Gasteiger partial charge >= 0.3 is 0 Å². The Kier molecular flexibility index (Phi) is 7.65. The van der Waals surface area contributed by atoms with Crippen LogP contribution in [0.1, 0.15) is 24.2 Å². The summed E-state index contributed by atoms with van der Waals surface area (Å²) in [6.07, 6.45) is 0. The van der Waals surface area contributed by atoms with E-state index in [0.717, 1.165) is 5.75 Å². The lowest BCUT2D eigenvalue weighted by atomic mass is 10.2. The number of carbonyl (C=O) groups excluding carboxylic acids is 2. The average molecular weight is 418 g/mol. The Labute approximate surface area is 182 Å². The number of nitrogens with zero attached hydrogens (tertiary/aromatic N) is 1. The second-order valence-electron chi connectivity index (χ2n) is 6.78. The van der Waals surface area contributed by atoms with Crippen molar-refractivity contribution in [3.63, 3.8) is 0 Å². The van der Waals surface area contributed by atoms with Gasteiger partial charge in [0.15, 0.2) is 6.61 Å². The summed E-state index contributed by atoms with van der Waals surface area (Å²) in [4.78, 5) is 26.3. The van der Waals surface area contributed by atoms with Gasteiger partial charge in [-0.2, -0.15) is 0 Å².